The topological polar surface area (TPSA) is 112 Å². The van der Waals surface area contributed by atoms with Gasteiger partial charge in [0.15, 0.2) is 11.0 Å². The Labute approximate surface area is 180 Å². The molecule has 1 aromatic carbocycles. The van der Waals surface area contributed by atoms with Crippen LogP contribution in [0.25, 0.3) is 11.4 Å². The first kappa shape index (κ1) is 21.3. The van der Waals surface area contributed by atoms with Crippen LogP contribution in [0.1, 0.15) is 10.4 Å². The standard InChI is InChI=1S/C18H18ClN5O3S2/c1-27-8-7-24-16(11-2-4-12(19)5-3-11)22-23-18(24)29-10-14(25)21-17-13(15(20)26)6-9-28-17/h2-6,9H,7-8,10H2,1H3,(H2,20,26)(H,21,25). The van der Waals surface area contributed by atoms with Crippen LogP contribution in [0.3, 0.4) is 0 Å². The van der Waals surface area contributed by atoms with Crippen LogP contribution in [-0.2, 0) is 16.1 Å². The molecule has 152 valence electrons. The molecule has 3 rings (SSSR count). The Bertz CT molecular complexity index is 1000. The van der Waals surface area contributed by atoms with Gasteiger partial charge in [0.05, 0.1) is 24.5 Å². The van der Waals surface area contributed by atoms with Crippen LogP contribution in [0.2, 0.25) is 5.02 Å². The van der Waals surface area contributed by atoms with Gasteiger partial charge in [-0.3, -0.25) is 14.2 Å². The Morgan fingerprint density at radius 2 is 2.03 bits per heavy atom. The second-order valence-corrected chi connectivity index (χ2v) is 8.12. The van der Waals surface area contributed by atoms with E-state index < -0.39 is 5.91 Å². The van der Waals surface area contributed by atoms with Gasteiger partial charge in [0, 0.05) is 17.7 Å². The molecule has 2 aromatic heterocycles. The van der Waals surface area contributed by atoms with E-state index in [4.69, 9.17) is 22.1 Å². The van der Waals surface area contributed by atoms with Gasteiger partial charge in [0.25, 0.3) is 5.91 Å². The first-order valence-corrected chi connectivity index (χ1v) is 10.7. The number of ether oxygens (including phenoxy) is 1. The molecule has 0 unspecified atom stereocenters. The number of thioether (sulfide) groups is 1. The van der Waals surface area contributed by atoms with Crippen LogP contribution in [0.5, 0.6) is 0 Å². The van der Waals surface area contributed by atoms with Crippen LogP contribution in [0.4, 0.5) is 5.00 Å². The number of nitrogens with two attached hydrogens (primary N) is 1. The molecule has 3 N–H and O–H groups in total. The summed E-state index contributed by atoms with van der Waals surface area (Å²) in [7, 11) is 1.62. The summed E-state index contributed by atoms with van der Waals surface area (Å²) in [4.78, 5) is 23.7. The number of benzene rings is 1. The minimum absolute atomic E-state index is 0.0990. The molecular weight excluding hydrogens is 434 g/mol. The van der Waals surface area contributed by atoms with E-state index in [2.05, 4.69) is 15.5 Å². The SMILES string of the molecule is COCCn1c(SCC(=O)Nc2sccc2C(N)=O)nnc1-c1ccc(Cl)cc1. The van der Waals surface area contributed by atoms with E-state index in [1.54, 1.807) is 30.7 Å². The smallest absolute Gasteiger partial charge is 0.251 e. The van der Waals surface area contributed by atoms with Gasteiger partial charge in [-0.25, -0.2) is 0 Å². The lowest BCUT2D eigenvalue weighted by molar-refractivity contribution is -0.113. The van der Waals surface area contributed by atoms with E-state index in [0.29, 0.717) is 39.7 Å². The van der Waals surface area contributed by atoms with Gasteiger partial charge >= 0.3 is 0 Å². The molecule has 0 fully saturated rings. The Morgan fingerprint density at radius 3 is 2.72 bits per heavy atom. The fraction of sp³-hybridized carbons (Fsp3) is 0.222. The summed E-state index contributed by atoms with van der Waals surface area (Å²) in [5, 5.41) is 14.5. The number of carbonyl (C=O) groups excluding carboxylic acids is 2. The summed E-state index contributed by atoms with van der Waals surface area (Å²) in [6.45, 7) is 0.998. The molecular formula is C18H18ClN5O3S2. The highest BCUT2D eigenvalue weighted by molar-refractivity contribution is 7.99. The van der Waals surface area contributed by atoms with Crippen molar-refractivity contribution < 1.29 is 14.3 Å². The number of rotatable bonds is 9. The van der Waals surface area contributed by atoms with Crippen LogP contribution < -0.4 is 11.1 Å². The number of amides is 2. The van der Waals surface area contributed by atoms with Crippen molar-refractivity contribution in [2.45, 2.75) is 11.7 Å². The number of hydrogen-bond donors (Lipinski definition) is 2. The van der Waals surface area contributed by atoms with Crippen LogP contribution in [0.15, 0.2) is 40.9 Å². The van der Waals surface area contributed by atoms with Crippen LogP contribution >= 0.6 is 34.7 Å². The third kappa shape index (κ3) is 5.36. The highest BCUT2D eigenvalue weighted by Crippen LogP contribution is 2.26. The zero-order chi connectivity index (χ0) is 20.8. The number of carbonyl (C=O) groups is 2. The lowest BCUT2D eigenvalue weighted by Gasteiger charge is -2.10. The normalized spacial score (nSPS) is 10.8. The Morgan fingerprint density at radius 1 is 1.28 bits per heavy atom. The molecule has 29 heavy (non-hydrogen) atoms. The number of anilines is 1. The molecule has 2 heterocycles. The number of primary amides is 1. The third-order valence-corrected chi connectivity index (χ3v) is 5.90. The minimum Gasteiger partial charge on any atom is -0.383 e. The minimum atomic E-state index is -0.582. The second-order valence-electron chi connectivity index (χ2n) is 5.82. The van der Waals surface area contributed by atoms with Gasteiger partial charge in [0.2, 0.25) is 5.91 Å². The molecule has 0 aliphatic heterocycles. The fourth-order valence-corrected chi connectivity index (χ4v) is 4.18. The molecule has 0 spiro atoms. The fourth-order valence-electron chi connectivity index (χ4n) is 2.49. The molecule has 0 radical (unpaired) electrons. The summed E-state index contributed by atoms with van der Waals surface area (Å²) >= 11 is 8.45. The monoisotopic (exact) mass is 451 g/mol. The van der Waals surface area contributed by atoms with Crippen molar-refractivity contribution in [3.8, 4) is 11.4 Å². The van der Waals surface area contributed by atoms with Crippen molar-refractivity contribution >= 4 is 51.5 Å². The zero-order valence-corrected chi connectivity index (χ0v) is 17.8. The summed E-state index contributed by atoms with van der Waals surface area (Å²) in [5.74, 6) is -0.0896. The molecule has 0 aliphatic carbocycles. The highest BCUT2D eigenvalue weighted by atomic mass is 35.5. The molecule has 11 heteroatoms. The van der Waals surface area contributed by atoms with Crippen LogP contribution in [-0.4, -0.2) is 46.0 Å². The largest absolute Gasteiger partial charge is 0.383 e. The lowest BCUT2D eigenvalue weighted by Crippen LogP contribution is -2.18. The van der Waals surface area contributed by atoms with Gasteiger partial charge in [-0.2, -0.15) is 0 Å². The quantitative estimate of drug-likeness (QED) is 0.483. The molecule has 0 aliphatic rings. The van der Waals surface area contributed by atoms with Crippen molar-refractivity contribution in [2.24, 2.45) is 5.73 Å². The maximum Gasteiger partial charge on any atom is 0.251 e. The zero-order valence-electron chi connectivity index (χ0n) is 15.4. The number of thiophene rings is 1. The lowest BCUT2D eigenvalue weighted by atomic mass is 10.2. The molecule has 0 saturated heterocycles. The van der Waals surface area contributed by atoms with E-state index in [0.717, 1.165) is 5.56 Å². The first-order valence-electron chi connectivity index (χ1n) is 8.47. The molecule has 8 nitrogen and oxygen atoms in total. The summed E-state index contributed by atoms with van der Waals surface area (Å²) in [6, 6.07) is 8.86. The van der Waals surface area contributed by atoms with E-state index in [9.17, 15) is 9.59 Å². The van der Waals surface area contributed by atoms with Crippen molar-refractivity contribution in [1.29, 1.82) is 0 Å². The van der Waals surface area contributed by atoms with E-state index >= 15 is 0 Å². The number of aromatic nitrogens is 3. The number of halogens is 1. The van der Waals surface area contributed by atoms with Gasteiger partial charge < -0.3 is 15.8 Å². The summed E-state index contributed by atoms with van der Waals surface area (Å²) in [5.41, 5.74) is 6.46. The maximum absolute atomic E-state index is 12.3. The molecule has 3 aromatic rings. The first-order chi connectivity index (χ1) is 14.0. The predicted octanol–water partition coefficient (Wildman–Crippen LogP) is 3.14. The van der Waals surface area contributed by atoms with Gasteiger partial charge in [-0.05, 0) is 35.7 Å². The van der Waals surface area contributed by atoms with Crippen molar-refractivity contribution in [1.82, 2.24) is 14.8 Å². The number of nitrogens with zero attached hydrogens (tertiary/aromatic N) is 3. The Balaban J connectivity index is 1.72. The van der Waals surface area contributed by atoms with Crippen molar-refractivity contribution in [2.75, 3.05) is 24.8 Å². The average Bonchev–Trinajstić information content (AvgIpc) is 3.32. The Kier molecular flexibility index (Phi) is 7.26. The van der Waals surface area contributed by atoms with E-state index in [1.807, 2.05) is 16.7 Å². The summed E-state index contributed by atoms with van der Waals surface area (Å²) in [6.07, 6.45) is 0. The number of nitrogens with one attached hydrogen (secondary N) is 1. The third-order valence-electron chi connectivity index (χ3n) is 3.85. The van der Waals surface area contributed by atoms with Gasteiger partial charge in [-0.1, -0.05) is 23.4 Å². The van der Waals surface area contributed by atoms with E-state index in [-0.39, 0.29) is 11.7 Å². The Hall–Kier alpha value is -2.40. The molecule has 2 amide bonds. The average molecular weight is 452 g/mol. The maximum atomic E-state index is 12.3. The number of hydrogen-bond acceptors (Lipinski definition) is 7. The number of methoxy groups -OCH3 is 1. The van der Waals surface area contributed by atoms with Gasteiger partial charge in [-0.15, -0.1) is 21.5 Å². The molecule has 0 bridgehead atoms. The summed E-state index contributed by atoms with van der Waals surface area (Å²) < 4.78 is 7.08. The van der Waals surface area contributed by atoms with Gasteiger partial charge in [0.1, 0.15) is 5.00 Å². The van der Waals surface area contributed by atoms with Crippen molar-refractivity contribution in [3.05, 3.63) is 46.3 Å². The van der Waals surface area contributed by atoms with Crippen molar-refractivity contribution in [3.63, 3.8) is 0 Å². The second kappa shape index (κ2) is 9.88. The predicted molar refractivity (Wildman–Crippen MR) is 115 cm³/mol. The highest BCUT2D eigenvalue weighted by Gasteiger charge is 2.17. The molecule has 0 atom stereocenters. The molecule has 0 saturated carbocycles. The van der Waals surface area contributed by atoms with Crippen LogP contribution in [0, 0.1) is 0 Å². The van der Waals surface area contributed by atoms with E-state index in [1.165, 1.54) is 23.1 Å².